The van der Waals surface area contributed by atoms with Crippen LogP contribution in [0.1, 0.15) is 18.9 Å². The molecule has 0 saturated carbocycles. The minimum absolute atomic E-state index is 0.253. The Morgan fingerprint density at radius 2 is 1.65 bits per heavy atom. The molecule has 1 aliphatic rings. The maximum atomic E-state index is 12.2. The third-order valence-corrected chi connectivity index (χ3v) is 3.37. The van der Waals surface area contributed by atoms with E-state index in [0.717, 1.165) is 5.56 Å². The second-order valence-corrected chi connectivity index (χ2v) is 4.76. The van der Waals surface area contributed by atoms with Crippen LogP contribution in [-0.4, -0.2) is 17.8 Å². The summed E-state index contributed by atoms with van der Waals surface area (Å²) in [5.41, 5.74) is -0.404. The lowest BCUT2D eigenvalue weighted by Gasteiger charge is -2.33. The molecule has 2 rings (SSSR count). The van der Waals surface area contributed by atoms with Gasteiger partial charge in [0.2, 0.25) is 11.8 Å². The highest BCUT2D eigenvalue weighted by molar-refractivity contribution is 6.19. The molecular formula is C15H16N2O3. The van der Waals surface area contributed by atoms with Gasteiger partial charge in [-0.1, -0.05) is 42.5 Å². The van der Waals surface area contributed by atoms with Crippen LogP contribution in [-0.2, 0) is 16.0 Å². The molecule has 5 nitrogen and oxygen atoms in total. The Morgan fingerprint density at radius 1 is 1.05 bits per heavy atom. The molecule has 1 aromatic rings. The Bertz CT molecular complexity index is 544. The van der Waals surface area contributed by atoms with Gasteiger partial charge in [0.05, 0.1) is 0 Å². The molecule has 0 radical (unpaired) electrons. The SMILES string of the molecule is CC=CCC1(Cc2ccccc2)C(=O)NC(=O)NC1=O. The summed E-state index contributed by atoms with van der Waals surface area (Å²) in [6.45, 7) is 1.82. The fraction of sp³-hybridized carbons (Fsp3) is 0.267. The van der Waals surface area contributed by atoms with E-state index in [1.54, 1.807) is 12.2 Å². The number of imide groups is 2. The molecule has 5 heteroatoms. The summed E-state index contributed by atoms with van der Waals surface area (Å²) < 4.78 is 0. The van der Waals surface area contributed by atoms with E-state index in [-0.39, 0.29) is 12.8 Å². The average Bonchev–Trinajstić information content (AvgIpc) is 2.42. The third-order valence-electron chi connectivity index (χ3n) is 3.37. The predicted molar refractivity (Wildman–Crippen MR) is 73.7 cm³/mol. The van der Waals surface area contributed by atoms with Crippen LogP contribution < -0.4 is 10.6 Å². The maximum Gasteiger partial charge on any atom is 0.328 e. The summed E-state index contributed by atoms with van der Waals surface area (Å²) in [6, 6.07) is 8.52. The topological polar surface area (TPSA) is 75.3 Å². The molecule has 2 N–H and O–H groups in total. The van der Waals surface area contributed by atoms with Crippen LogP contribution in [0.15, 0.2) is 42.5 Å². The van der Waals surface area contributed by atoms with E-state index in [1.807, 2.05) is 37.3 Å². The molecule has 0 aromatic heterocycles. The largest absolute Gasteiger partial charge is 0.328 e. The molecule has 1 aliphatic heterocycles. The Labute approximate surface area is 117 Å². The van der Waals surface area contributed by atoms with Crippen LogP contribution in [0.25, 0.3) is 0 Å². The summed E-state index contributed by atoms with van der Waals surface area (Å²) in [6.07, 6.45) is 4.05. The lowest BCUT2D eigenvalue weighted by atomic mass is 9.75. The molecule has 1 aromatic carbocycles. The van der Waals surface area contributed by atoms with Crippen molar-refractivity contribution in [3.63, 3.8) is 0 Å². The number of urea groups is 1. The van der Waals surface area contributed by atoms with Gasteiger partial charge in [-0.3, -0.25) is 20.2 Å². The first-order valence-electron chi connectivity index (χ1n) is 6.40. The van der Waals surface area contributed by atoms with Crippen molar-refractivity contribution in [1.82, 2.24) is 10.6 Å². The first-order valence-corrected chi connectivity index (χ1v) is 6.40. The van der Waals surface area contributed by atoms with Crippen molar-refractivity contribution in [2.45, 2.75) is 19.8 Å². The maximum absolute atomic E-state index is 12.2. The smallest absolute Gasteiger partial charge is 0.277 e. The highest BCUT2D eigenvalue weighted by Crippen LogP contribution is 2.30. The van der Waals surface area contributed by atoms with Crippen molar-refractivity contribution in [3.05, 3.63) is 48.0 Å². The predicted octanol–water partition coefficient (Wildman–Crippen LogP) is 1.55. The molecule has 1 fully saturated rings. The number of nitrogens with one attached hydrogen (secondary N) is 2. The zero-order chi connectivity index (χ0) is 14.6. The number of rotatable bonds is 4. The van der Waals surface area contributed by atoms with E-state index >= 15 is 0 Å². The Kier molecular flexibility index (Phi) is 3.98. The minimum atomic E-state index is -1.28. The average molecular weight is 272 g/mol. The monoisotopic (exact) mass is 272 g/mol. The van der Waals surface area contributed by atoms with Gasteiger partial charge in [0, 0.05) is 0 Å². The van der Waals surface area contributed by atoms with Gasteiger partial charge in [-0.05, 0) is 25.3 Å². The molecule has 0 atom stereocenters. The van der Waals surface area contributed by atoms with Crippen LogP contribution in [0, 0.1) is 5.41 Å². The van der Waals surface area contributed by atoms with Crippen molar-refractivity contribution in [1.29, 1.82) is 0 Å². The molecule has 1 heterocycles. The van der Waals surface area contributed by atoms with Crippen LogP contribution in [0.3, 0.4) is 0 Å². The normalized spacial score (nSPS) is 17.9. The zero-order valence-corrected chi connectivity index (χ0v) is 11.2. The van der Waals surface area contributed by atoms with E-state index in [2.05, 4.69) is 10.6 Å². The zero-order valence-electron chi connectivity index (χ0n) is 11.2. The van der Waals surface area contributed by atoms with Gasteiger partial charge >= 0.3 is 6.03 Å². The van der Waals surface area contributed by atoms with Gasteiger partial charge in [-0.2, -0.15) is 0 Å². The van der Waals surface area contributed by atoms with Crippen LogP contribution in [0.2, 0.25) is 0 Å². The van der Waals surface area contributed by atoms with Crippen molar-refractivity contribution in [2.75, 3.05) is 0 Å². The highest BCUT2D eigenvalue weighted by atomic mass is 16.2. The third kappa shape index (κ3) is 2.61. The molecule has 0 bridgehead atoms. The fourth-order valence-corrected chi connectivity index (χ4v) is 2.26. The number of hydrogen-bond donors (Lipinski definition) is 2. The van der Waals surface area contributed by atoms with Crippen molar-refractivity contribution in [3.8, 4) is 0 Å². The summed E-state index contributed by atoms with van der Waals surface area (Å²) in [5, 5.41) is 4.37. The van der Waals surface area contributed by atoms with Crippen molar-refractivity contribution in [2.24, 2.45) is 5.41 Å². The fourth-order valence-electron chi connectivity index (χ4n) is 2.26. The van der Waals surface area contributed by atoms with Crippen LogP contribution in [0.4, 0.5) is 4.79 Å². The molecule has 0 aliphatic carbocycles. The van der Waals surface area contributed by atoms with Gasteiger partial charge in [-0.25, -0.2) is 4.79 Å². The lowest BCUT2D eigenvalue weighted by molar-refractivity contribution is -0.144. The van der Waals surface area contributed by atoms with E-state index in [9.17, 15) is 14.4 Å². The van der Waals surface area contributed by atoms with Gasteiger partial charge < -0.3 is 0 Å². The van der Waals surface area contributed by atoms with Crippen LogP contribution >= 0.6 is 0 Å². The molecule has 4 amide bonds. The van der Waals surface area contributed by atoms with Crippen molar-refractivity contribution < 1.29 is 14.4 Å². The Morgan fingerprint density at radius 3 is 2.20 bits per heavy atom. The molecule has 20 heavy (non-hydrogen) atoms. The van der Waals surface area contributed by atoms with Gasteiger partial charge in [0.15, 0.2) is 0 Å². The number of carbonyl (C=O) groups is 3. The number of barbiturate groups is 1. The van der Waals surface area contributed by atoms with E-state index in [4.69, 9.17) is 0 Å². The molecule has 104 valence electrons. The van der Waals surface area contributed by atoms with Crippen molar-refractivity contribution >= 4 is 17.8 Å². The van der Waals surface area contributed by atoms with Gasteiger partial charge in [0.1, 0.15) is 5.41 Å². The lowest BCUT2D eigenvalue weighted by Crippen LogP contribution is -2.63. The number of allylic oxidation sites excluding steroid dienone is 2. The van der Waals surface area contributed by atoms with Crippen LogP contribution in [0.5, 0.6) is 0 Å². The summed E-state index contributed by atoms with van der Waals surface area (Å²) in [7, 11) is 0. The van der Waals surface area contributed by atoms with E-state index in [1.165, 1.54) is 0 Å². The summed E-state index contributed by atoms with van der Waals surface area (Å²) in [4.78, 5) is 35.7. The van der Waals surface area contributed by atoms with Gasteiger partial charge in [0.25, 0.3) is 0 Å². The molecular weight excluding hydrogens is 256 g/mol. The second kappa shape index (κ2) is 5.69. The highest BCUT2D eigenvalue weighted by Gasteiger charge is 2.49. The number of hydrogen-bond acceptors (Lipinski definition) is 3. The van der Waals surface area contributed by atoms with E-state index < -0.39 is 23.3 Å². The second-order valence-electron chi connectivity index (χ2n) is 4.76. The molecule has 0 unspecified atom stereocenters. The quantitative estimate of drug-likeness (QED) is 0.645. The molecule has 0 spiro atoms. The number of benzene rings is 1. The summed E-state index contributed by atoms with van der Waals surface area (Å²) >= 11 is 0. The molecule has 1 saturated heterocycles. The Hall–Kier alpha value is -2.43. The Balaban J connectivity index is 2.37. The number of carbonyl (C=O) groups excluding carboxylic acids is 3. The first kappa shape index (κ1) is 14.0. The summed E-state index contributed by atoms with van der Waals surface area (Å²) in [5.74, 6) is -1.10. The van der Waals surface area contributed by atoms with Gasteiger partial charge in [-0.15, -0.1) is 0 Å². The number of amides is 4. The van der Waals surface area contributed by atoms with E-state index in [0.29, 0.717) is 0 Å². The minimum Gasteiger partial charge on any atom is -0.277 e. The first-order chi connectivity index (χ1) is 9.58. The standard InChI is InChI=1S/C15H16N2O3/c1-2-3-9-15(10-11-7-5-4-6-8-11)12(18)16-14(20)17-13(15)19/h2-8H,9-10H2,1H3,(H2,16,17,18,19,20).